The number of rotatable bonds is 8. The predicted octanol–water partition coefficient (Wildman–Crippen LogP) is 4.65. The highest BCUT2D eigenvalue weighted by Crippen LogP contribution is 2.27. The topological polar surface area (TPSA) is 63.9 Å². The van der Waals surface area contributed by atoms with Crippen LogP contribution in [0.5, 0.6) is 0 Å². The Morgan fingerprint density at radius 1 is 1.07 bits per heavy atom. The normalized spacial score (nSPS) is 10.9. The molecule has 3 aromatic rings. The summed E-state index contributed by atoms with van der Waals surface area (Å²) in [6, 6.07) is 10.9. The molecule has 0 radical (unpaired) electrons. The van der Waals surface area contributed by atoms with Gasteiger partial charge in [0, 0.05) is 29.9 Å². The number of ether oxygens (including phenoxy) is 1. The number of methoxy groups -OCH3 is 1. The fourth-order valence-corrected chi connectivity index (χ4v) is 3.58. The first-order valence-electron chi connectivity index (χ1n) is 9.70. The molecule has 0 saturated carbocycles. The summed E-state index contributed by atoms with van der Waals surface area (Å²) in [5.41, 5.74) is 2.99. The molecular formula is C22H23Cl2N3O3. The van der Waals surface area contributed by atoms with Crippen molar-refractivity contribution in [1.29, 1.82) is 0 Å². The highest BCUT2D eigenvalue weighted by atomic mass is 35.5. The number of fused-ring (bicyclic) bond motifs is 1. The third kappa shape index (κ3) is 5.12. The zero-order valence-corrected chi connectivity index (χ0v) is 18.4. The minimum atomic E-state index is -0.340. The van der Waals surface area contributed by atoms with E-state index >= 15 is 0 Å². The molecule has 8 heteroatoms. The van der Waals surface area contributed by atoms with Crippen LogP contribution in [-0.2, 0) is 20.7 Å². The molecule has 0 saturated heterocycles. The lowest BCUT2D eigenvalue weighted by Gasteiger charge is -2.22. The standard InChI is InChI=1S/C22H23Cl2N3O3/c1-3-11-26(12-10-21(29)30-2)20(28)13-18-22(15-4-6-16(23)7-5-15)25-19-9-8-17(24)14-27(18)19/h4-9,14H,3,10-13H2,1-2H3. The molecule has 30 heavy (non-hydrogen) atoms. The SMILES string of the molecule is CCCN(CCC(=O)OC)C(=O)Cc1c(-c2ccc(Cl)cc2)nc2ccc(Cl)cn12. The molecule has 158 valence electrons. The molecule has 0 spiro atoms. The number of pyridine rings is 1. The zero-order valence-electron chi connectivity index (χ0n) is 16.9. The molecule has 2 aromatic heterocycles. The number of esters is 1. The van der Waals surface area contributed by atoms with Crippen molar-refractivity contribution in [2.45, 2.75) is 26.2 Å². The lowest BCUT2D eigenvalue weighted by Crippen LogP contribution is -2.35. The number of halogens is 2. The number of nitrogens with zero attached hydrogens (tertiary/aromatic N) is 3. The number of hydrogen-bond acceptors (Lipinski definition) is 4. The first-order chi connectivity index (χ1) is 14.4. The van der Waals surface area contributed by atoms with Gasteiger partial charge in [-0.1, -0.05) is 42.3 Å². The first kappa shape index (κ1) is 22.1. The summed E-state index contributed by atoms with van der Waals surface area (Å²) in [5.74, 6) is -0.426. The molecule has 0 N–H and O–H groups in total. The Kier molecular flexibility index (Phi) is 7.34. The Morgan fingerprint density at radius 2 is 1.77 bits per heavy atom. The van der Waals surface area contributed by atoms with Gasteiger partial charge in [-0.25, -0.2) is 4.98 Å². The van der Waals surface area contributed by atoms with Crippen molar-refractivity contribution in [2.24, 2.45) is 0 Å². The van der Waals surface area contributed by atoms with Gasteiger partial charge < -0.3 is 14.0 Å². The summed E-state index contributed by atoms with van der Waals surface area (Å²) in [6.45, 7) is 2.86. The minimum Gasteiger partial charge on any atom is -0.469 e. The van der Waals surface area contributed by atoms with E-state index in [2.05, 4.69) is 0 Å². The molecule has 0 unspecified atom stereocenters. The Labute approximate surface area is 185 Å². The monoisotopic (exact) mass is 447 g/mol. The third-order valence-corrected chi connectivity index (χ3v) is 5.25. The van der Waals surface area contributed by atoms with Gasteiger partial charge in [-0.3, -0.25) is 9.59 Å². The highest BCUT2D eigenvalue weighted by molar-refractivity contribution is 6.30. The van der Waals surface area contributed by atoms with Crippen molar-refractivity contribution in [2.75, 3.05) is 20.2 Å². The van der Waals surface area contributed by atoms with E-state index in [1.165, 1.54) is 7.11 Å². The van der Waals surface area contributed by atoms with Crippen molar-refractivity contribution in [3.8, 4) is 11.3 Å². The predicted molar refractivity (Wildman–Crippen MR) is 118 cm³/mol. The van der Waals surface area contributed by atoms with Crippen LogP contribution in [-0.4, -0.2) is 46.4 Å². The number of carbonyl (C=O) groups is 2. The molecule has 2 heterocycles. The van der Waals surface area contributed by atoms with Crippen molar-refractivity contribution in [3.05, 3.63) is 58.3 Å². The molecule has 0 aliphatic heterocycles. The number of aromatic nitrogens is 2. The molecule has 1 amide bonds. The Bertz CT molecular complexity index is 1050. The molecule has 6 nitrogen and oxygen atoms in total. The molecular weight excluding hydrogens is 425 g/mol. The summed E-state index contributed by atoms with van der Waals surface area (Å²) in [5, 5.41) is 1.17. The van der Waals surface area contributed by atoms with Crippen LogP contribution in [0.15, 0.2) is 42.6 Å². The van der Waals surface area contributed by atoms with Gasteiger partial charge in [0.05, 0.1) is 36.4 Å². The first-order valence-corrected chi connectivity index (χ1v) is 10.5. The van der Waals surface area contributed by atoms with Gasteiger partial charge in [-0.15, -0.1) is 0 Å². The average molecular weight is 448 g/mol. The summed E-state index contributed by atoms with van der Waals surface area (Å²) in [4.78, 5) is 31.1. The maximum Gasteiger partial charge on any atom is 0.307 e. The van der Waals surface area contributed by atoms with Crippen LogP contribution in [0.2, 0.25) is 10.0 Å². The number of carbonyl (C=O) groups excluding carboxylic acids is 2. The minimum absolute atomic E-state index is 0.0854. The van der Waals surface area contributed by atoms with Gasteiger partial charge in [-0.2, -0.15) is 0 Å². The van der Waals surface area contributed by atoms with E-state index in [9.17, 15) is 9.59 Å². The Hall–Kier alpha value is -2.57. The lowest BCUT2D eigenvalue weighted by molar-refractivity contribution is -0.141. The fourth-order valence-electron chi connectivity index (χ4n) is 3.29. The van der Waals surface area contributed by atoms with Gasteiger partial charge >= 0.3 is 5.97 Å². The molecule has 0 bridgehead atoms. The van der Waals surface area contributed by atoms with E-state index in [-0.39, 0.29) is 24.7 Å². The van der Waals surface area contributed by atoms with Crippen LogP contribution >= 0.6 is 23.2 Å². The van der Waals surface area contributed by atoms with Crippen LogP contribution in [0.1, 0.15) is 25.5 Å². The molecule has 1 aromatic carbocycles. The number of amides is 1. The van der Waals surface area contributed by atoms with E-state index in [4.69, 9.17) is 32.9 Å². The number of imidazole rings is 1. The largest absolute Gasteiger partial charge is 0.469 e. The second-order valence-corrected chi connectivity index (χ2v) is 7.75. The van der Waals surface area contributed by atoms with E-state index in [0.717, 1.165) is 17.7 Å². The van der Waals surface area contributed by atoms with E-state index in [1.807, 2.05) is 29.5 Å². The molecule has 0 aliphatic rings. The van der Waals surface area contributed by atoms with Crippen molar-refractivity contribution in [3.63, 3.8) is 0 Å². The average Bonchev–Trinajstić information content (AvgIpc) is 3.08. The quantitative estimate of drug-likeness (QED) is 0.471. The van der Waals surface area contributed by atoms with Crippen molar-refractivity contribution in [1.82, 2.24) is 14.3 Å². The van der Waals surface area contributed by atoms with Gasteiger partial charge in [0.15, 0.2) is 0 Å². The summed E-state index contributed by atoms with van der Waals surface area (Å²) >= 11 is 12.2. The van der Waals surface area contributed by atoms with Gasteiger partial charge in [0.25, 0.3) is 0 Å². The molecule has 0 atom stereocenters. The van der Waals surface area contributed by atoms with E-state index < -0.39 is 0 Å². The number of benzene rings is 1. The van der Waals surface area contributed by atoms with Crippen molar-refractivity contribution >= 4 is 40.7 Å². The highest BCUT2D eigenvalue weighted by Gasteiger charge is 2.21. The van der Waals surface area contributed by atoms with E-state index in [1.54, 1.807) is 29.3 Å². The fraction of sp³-hybridized carbons (Fsp3) is 0.318. The second-order valence-electron chi connectivity index (χ2n) is 6.87. The Morgan fingerprint density at radius 3 is 2.43 bits per heavy atom. The maximum absolute atomic E-state index is 13.1. The smallest absolute Gasteiger partial charge is 0.307 e. The number of hydrogen-bond donors (Lipinski definition) is 0. The van der Waals surface area contributed by atoms with E-state index in [0.29, 0.717) is 34.5 Å². The molecule has 0 fully saturated rings. The summed E-state index contributed by atoms with van der Waals surface area (Å²) in [7, 11) is 1.34. The van der Waals surface area contributed by atoms with Gasteiger partial charge in [0.1, 0.15) is 5.65 Å². The van der Waals surface area contributed by atoms with Crippen molar-refractivity contribution < 1.29 is 14.3 Å². The van der Waals surface area contributed by atoms with Gasteiger partial charge in [-0.05, 0) is 30.7 Å². The third-order valence-electron chi connectivity index (χ3n) is 4.78. The summed E-state index contributed by atoms with van der Waals surface area (Å²) in [6.07, 6.45) is 2.83. The van der Waals surface area contributed by atoms with Crippen LogP contribution in [0.4, 0.5) is 0 Å². The summed E-state index contributed by atoms with van der Waals surface area (Å²) < 4.78 is 6.55. The Balaban J connectivity index is 1.97. The molecule has 0 aliphatic carbocycles. The lowest BCUT2D eigenvalue weighted by atomic mass is 10.1. The van der Waals surface area contributed by atoms with Crippen LogP contribution in [0.25, 0.3) is 16.9 Å². The second kappa shape index (κ2) is 9.96. The van der Waals surface area contributed by atoms with Crippen LogP contribution in [0, 0.1) is 0 Å². The van der Waals surface area contributed by atoms with Gasteiger partial charge in [0.2, 0.25) is 5.91 Å². The van der Waals surface area contributed by atoms with Crippen LogP contribution in [0.3, 0.4) is 0 Å². The molecule has 3 rings (SSSR count). The zero-order chi connectivity index (χ0) is 21.7. The maximum atomic E-state index is 13.1. The van der Waals surface area contributed by atoms with Crippen LogP contribution < -0.4 is 0 Å².